The van der Waals surface area contributed by atoms with Crippen molar-refractivity contribution in [3.05, 3.63) is 31.2 Å². The minimum Gasteiger partial charge on any atom is -0.397 e. The lowest BCUT2D eigenvalue weighted by atomic mass is 10.1. The van der Waals surface area contributed by atoms with Crippen LogP contribution in [0.5, 0.6) is 0 Å². The van der Waals surface area contributed by atoms with E-state index in [1.165, 1.54) is 34.3 Å². The van der Waals surface area contributed by atoms with E-state index < -0.39 is 79.3 Å². The van der Waals surface area contributed by atoms with E-state index in [9.17, 15) is 23.5 Å². The van der Waals surface area contributed by atoms with Crippen molar-refractivity contribution in [3.8, 4) is 0 Å². The van der Waals surface area contributed by atoms with Gasteiger partial charge in [0.15, 0.2) is 29.6 Å². The van der Waals surface area contributed by atoms with Crippen molar-refractivity contribution in [1.29, 1.82) is 0 Å². The van der Waals surface area contributed by atoms with Crippen molar-refractivity contribution in [1.82, 2.24) is 38.8 Å². The number of nitrogens with two attached hydrogens (primary N) is 2. The molecule has 44 heavy (non-hydrogen) atoms. The predicted molar refractivity (Wildman–Crippen MR) is 151 cm³/mol. The molecule has 0 aromatic carbocycles. The summed E-state index contributed by atoms with van der Waals surface area (Å²) in [7, 11) is -4.59. The Bertz CT molecular complexity index is 1890. The highest BCUT2D eigenvalue weighted by Crippen LogP contribution is 2.50. The van der Waals surface area contributed by atoms with E-state index in [0.717, 1.165) is 0 Å². The fraction of sp³-hybridized carbons (Fsp3) is 0.476. The van der Waals surface area contributed by atoms with Gasteiger partial charge >= 0.3 is 17.0 Å². The Morgan fingerprint density at radius 1 is 0.955 bits per heavy atom. The van der Waals surface area contributed by atoms with Gasteiger partial charge in [-0.15, -0.1) is 0 Å². The minimum absolute atomic E-state index is 0.0898. The van der Waals surface area contributed by atoms with Crippen LogP contribution in [-0.4, -0.2) is 107 Å². The number of imidazole rings is 2. The summed E-state index contributed by atoms with van der Waals surface area (Å²) in [6, 6.07) is 1.54. The van der Waals surface area contributed by atoms with Crippen molar-refractivity contribution >= 4 is 62.7 Å². The lowest BCUT2D eigenvalue weighted by Crippen LogP contribution is -2.46. The Balaban J connectivity index is 1.17. The van der Waals surface area contributed by atoms with Crippen molar-refractivity contribution in [2.24, 2.45) is 0 Å². The van der Waals surface area contributed by atoms with Crippen LogP contribution in [-0.2, 0) is 44.8 Å². The highest BCUT2D eigenvalue weighted by atomic mass is 32.5. The van der Waals surface area contributed by atoms with Crippen LogP contribution in [0.3, 0.4) is 0 Å². The van der Waals surface area contributed by atoms with Gasteiger partial charge in [0.05, 0.1) is 24.9 Å². The number of aliphatic hydroxyl groups is 2. The SMILES string of the molecule is Nc1ccnc2c1ncn2C1OC2COP(O)(=S)OC3C(CNS(=O)(=O)OC2C1O)OC(n1cnc2c(N)ncnc21)C3O. The lowest BCUT2D eigenvalue weighted by Gasteiger charge is -2.28. The zero-order chi connectivity index (χ0) is 31.0. The van der Waals surface area contributed by atoms with E-state index in [1.54, 1.807) is 6.07 Å². The first kappa shape index (κ1) is 29.7. The molecule has 0 amide bonds. The number of ether oxygens (including phenoxy) is 2. The normalized spacial score (nSPS) is 36.1. The summed E-state index contributed by atoms with van der Waals surface area (Å²) in [4.78, 5) is 31.6. The molecule has 3 fully saturated rings. The molecule has 23 heteroatoms. The van der Waals surface area contributed by atoms with E-state index in [2.05, 4.69) is 29.6 Å². The molecule has 0 saturated carbocycles. The van der Waals surface area contributed by atoms with Crippen LogP contribution in [0.25, 0.3) is 22.3 Å². The van der Waals surface area contributed by atoms with E-state index in [4.69, 9.17) is 46.0 Å². The van der Waals surface area contributed by atoms with Gasteiger partial charge in [-0.25, -0.2) is 29.1 Å². The standard InChI is InChI=1S/C21H25N10O10PS2/c22-8-1-2-24-18-11(8)27-6-30(18)21-14(33)16-10(39-21)4-37-42(34,43)40-15-9(3-29-44(35,36)41-16)38-20(13(15)32)31-7-28-12-17(23)25-5-26-19(12)31/h1-2,5-7,9-10,13-16,20-21,29,32-33H,3-4H2,(H2,22,24)(H,34,43)(H2,23,25,26). The van der Waals surface area contributed by atoms with Crippen LogP contribution in [0.15, 0.2) is 31.2 Å². The van der Waals surface area contributed by atoms with Crippen molar-refractivity contribution < 1.29 is 46.2 Å². The molecular weight excluding hydrogens is 647 g/mol. The van der Waals surface area contributed by atoms with E-state index in [1.807, 2.05) is 0 Å². The smallest absolute Gasteiger partial charge is 0.336 e. The Labute approximate surface area is 252 Å². The first-order valence-electron chi connectivity index (χ1n) is 12.9. The van der Waals surface area contributed by atoms with Gasteiger partial charge in [0, 0.05) is 12.7 Å². The number of nitrogen functional groups attached to an aromatic ring is 2. The molecule has 7 rings (SSSR count). The van der Waals surface area contributed by atoms with Crippen LogP contribution < -0.4 is 16.2 Å². The molecule has 7 heterocycles. The highest BCUT2D eigenvalue weighted by molar-refractivity contribution is 8.07. The number of anilines is 2. The molecule has 9 unspecified atom stereocenters. The Kier molecular flexibility index (Phi) is 7.31. The molecular formula is C21H25N10O10PS2. The summed E-state index contributed by atoms with van der Waals surface area (Å²) >= 11 is 5.22. The number of aliphatic hydroxyl groups excluding tert-OH is 2. The van der Waals surface area contributed by atoms with Gasteiger partial charge in [-0.2, -0.15) is 13.1 Å². The average Bonchev–Trinajstić information content (AvgIpc) is 3.73. The van der Waals surface area contributed by atoms with Crippen LogP contribution in [0.2, 0.25) is 0 Å². The largest absolute Gasteiger partial charge is 0.397 e. The number of pyridine rings is 1. The lowest BCUT2D eigenvalue weighted by molar-refractivity contribution is -0.0514. The molecule has 4 aromatic rings. The number of aromatic nitrogens is 7. The first-order chi connectivity index (χ1) is 20.9. The zero-order valence-electron chi connectivity index (χ0n) is 22.2. The monoisotopic (exact) mass is 672 g/mol. The molecule has 0 spiro atoms. The zero-order valence-corrected chi connectivity index (χ0v) is 24.7. The third-order valence-corrected chi connectivity index (χ3v) is 9.96. The number of nitrogens with one attached hydrogen (secondary N) is 1. The van der Waals surface area contributed by atoms with Gasteiger partial charge in [0.2, 0.25) is 0 Å². The van der Waals surface area contributed by atoms with Crippen LogP contribution in [0.1, 0.15) is 12.5 Å². The number of rotatable bonds is 2. The van der Waals surface area contributed by atoms with Gasteiger partial charge in [-0.1, -0.05) is 0 Å². The summed E-state index contributed by atoms with van der Waals surface area (Å²) in [5.41, 5.74) is 13.2. The van der Waals surface area contributed by atoms with E-state index in [-0.39, 0.29) is 22.6 Å². The molecule has 8 N–H and O–H groups in total. The topological polar surface area (TPSA) is 279 Å². The maximum Gasteiger partial charge on any atom is 0.336 e. The van der Waals surface area contributed by atoms with E-state index >= 15 is 0 Å². The van der Waals surface area contributed by atoms with Crippen molar-refractivity contribution in [3.63, 3.8) is 0 Å². The number of hydrogen-bond donors (Lipinski definition) is 6. The van der Waals surface area contributed by atoms with E-state index in [0.29, 0.717) is 11.2 Å². The first-order valence-corrected chi connectivity index (χ1v) is 16.9. The summed E-state index contributed by atoms with van der Waals surface area (Å²) in [5.74, 6) is 0.0898. The second kappa shape index (κ2) is 10.8. The van der Waals surface area contributed by atoms with Gasteiger partial charge in [0.1, 0.15) is 54.0 Å². The molecule has 9 atom stereocenters. The molecule has 4 aromatic heterocycles. The highest BCUT2D eigenvalue weighted by Gasteiger charge is 2.52. The Morgan fingerprint density at radius 3 is 2.36 bits per heavy atom. The summed E-state index contributed by atoms with van der Waals surface area (Å²) < 4.78 is 59.6. The van der Waals surface area contributed by atoms with Gasteiger partial charge in [0.25, 0.3) is 0 Å². The molecule has 3 aliphatic heterocycles. The average molecular weight is 673 g/mol. The molecule has 0 bridgehead atoms. The Hall–Kier alpha value is -2.99. The summed E-state index contributed by atoms with van der Waals surface area (Å²) in [6.45, 7) is -5.22. The maximum absolute atomic E-state index is 13.1. The van der Waals surface area contributed by atoms with Crippen LogP contribution >= 0.6 is 6.72 Å². The second-order valence-electron chi connectivity index (χ2n) is 10.1. The molecule has 236 valence electrons. The third-order valence-electron chi connectivity index (χ3n) is 7.40. The Morgan fingerprint density at radius 2 is 1.61 bits per heavy atom. The number of fused-ring (bicyclic) bond motifs is 4. The molecule has 3 aliphatic rings. The van der Waals surface area contributed by atoms with Gasteiger partial charge in [-0.3, -0.25) is 13.7 Å². The maximum atomic E-state index is 13.1. The summed E-state index contributed by atoms with van der Waals surface area (Å²) in [5, 5.41) is 22.4. The minimum atomic E-state index is -4.59. The fourth-order valence-corrected chi connectivity index (χ4v) is 7.77. The predicted octanol–water partition coefficient (Wildman–Crippen LogP) is -2.20. The molecule has 0 radical (unpaired) electrons. The number of hydrogen-bond acceptors (Lipinski definition) is 17. The van der Waals surface area contributed by atoms with Gasteiger partial charge in [-0.05, 0) is 17.9 Å². The quantitative estimate of drug-likeness (QED) is 0.123. The molecule has 0 aliphatic carbocycles. The molecule has 20 nitrogen and oxygen atoms in total. The third kappa shape index (κ3) is 5.11. The molecule has 3 saturated heterocycles. The van der Waals surface area contributed by atoms with Crippen LogP contribution in [0, 0.1) is 0 Å². The van der Waals surface area contributed by atoms with Crippen LogP contribution in [0.4, 0.5) is 11.5 Å². The van der Waals surface area contributed by atoms with Gasteiger partial charge < -0.3 is 40.6 Å². The van der Waals surface area contributed by atoms with Crippen molar-refractivity contribution in [2.75, 3.05) is 24.6 Å². The summed E-state index contributed by atoms with van der Waals surface area (Å²) in [6.07, 6.45) is -5.72. The number of nitrogens with zero attached hydrogens (tertiary/aromatic N) is 7. The van der Waals surface area contributed by atoms with Crippen molar-refractivity contribution in [2.45, 2.75) is 49.1 Å². The second-order valence-corrected chi connectivity index (χ2v) is 14.3. The fourth-order valence-electron chi connectivity index (χ4n) is 5.36.